The number of nitrogens with two attached hydrogens (primary N) is 1. The van der Waals surface area contributed by atoms with Crippen molar-refractivity contribution in [2.24, 2.45) is 11.1 Å². The van der Waals surface area contributed by atoms with E-state index in [9.17, 15) is 10.2 Å². The van der Waals surface area contributed by atoms with Crippen LogP contribution in [0.3, 0.4) is 0 Å². The van der Waals surface area contributed by atoms with Crippen molar-refractivity contribution >= 4 is 34.5 Å². The second kappa shape index (κ2) is 9.28. The molecule has 30 heavy (non-hydrogen) atoms. The molecular formula is C22H29Cl2N3O3. The predicted molar refractivity (Wildman–Crippen MR) is 122 cm³/mol. The monoisotopic (exact) mass is 453 g/mol. The van der Waals surface area contributed by atoms with Crippen LogP contribution in [0.2, 0.25) is 0 Å². The molecule has 1 aromatic heterocycles. The highest BCUT2D eigenvalue weighted by Gasteiger charge is 2.47. The lowest BCUT2D eigenvalue weighted by atomic mass is 9.73. The number of ether oxygens (including phenoxy) is 1. The van der Waals surface area contributed by atoms with Gasteiger partial charge in [-0.05, 0) is 26.7 Å². The van der Waals surface area contributed by atoms with Gasteiger partial charge in [-0.15, -0.1) is 0 Å². The van der Waals surface area contributed by atoms with Crippen molar-refractivity contribution in [3.05, 3.63) is 46.2 Å². The van der Waals surface area contributed by atoms with Gasteiger partial charge in [0.15, 0.2) is 0 Å². The number of anilines is 1. The minimum atomic E-state index is -0.271. The Morgan fingerprint density at radius 3 is 2.60 bits per heavy atom. The maximum absolute atomic E-state index is 10.7. The second-order valence-corrected chi connectivity index (χ2v) is 8.98. The van der Waals surface area contributed by atoms with Crippen molar-refractivity contribution in [3.8, 4) is 5.75 Å². The first-order valence-corrected chi connectivity index (χ1v) is 10.8. The third-order valence-corrected chi connectivity index (χ3v) is 7.01. The Morgan fingerprint density at radius 2 is 2.10 bits per heavy atom. The summed E-state index contributed by atoms with van der Waals surface area (Å²) in [5.41, 5.74) is 8.26. The molecule has 2 saturated heterocycles. The van der Waals surface area contributed by atoms with Gasteiger partial charge < -0.3 is 25.6 Å². The highest BCUT2D eigenvalue weighted by atomic mass is 35.5. The fourth-order valence-corrected chi connectivity index (χ4v) is 4.60. The van der Waals surface area contributed by atoms with Gasteiger partial charge in [-0.3, -0.25) is 0 Å². The molecule has 0 saturated carbocycles. The first kappa shape index (κ1) is 23.1. The average molecular weight is 454 g/mol. The second-order valence-electron chi connectivity index (χ2n) is 8.03. The molecule has 2 aliphatic rings. The first-order chi connectivity index (χ1) is 14.2. The van der Waals surface area contributed by atoms with Crippen LogP contribution in [0.25, 0.3) is 5.57 Å². The maximum atomic E-state index is 10.7. The van der Waals surface area contributed by atoms with Gasteiger partial charge in [-0.1, -0.05) is 41.9 Å². The van der Waals surface area contributed by atoms with Gasteiger partial charge >= 0.3 is 0 Å². The molecule has 2 atom stereocenters. The van der Waals surface area contributed by atoms with E-state index in [4.69, 9.17) is 33.7 Å². The van der Waals surface area contributed by atoms with Crippen molar-refractivity contribution in [2.75, 3.05) is 24.6 Å². The molecule has 0 unspecified atom stereocenters. The third kappa shape index (κ3) is 4.25. The summed E-state index contributed by atoms with van der Waals surface area (Å²) in [5, 5.41) is 21.4. The van der Waals surface area contributed by atoms with Crippen LogP contribution < -0.4 is 10.6 Å². The van der Waals surface area contributed by atoms with Gasteiger partial charge in [0.25, 0.3) is 0 Å². The maximum Gasteiger partial charge on any atom is 0.144 e. The van der Waals surface area contributed by atoms with Crippen LogP contribution in [-0.2, 0) is 11.3 Å². The first-order valence-electron chi connectivity index (χ1n) is 10.0. The van der Waals surface area contributed by atoms with E-state index in [1.54, 1.807) is 25.1 Å². The largest absolute Gasteiger partial charge is 0.506 e. The van der Waals surface area contributed by atoms with Gasteiger partial charge in [-0.25, -0.2) is 4.98 Å². The molecule has 2 aliphatic heterocycles. The normalized spacial score (nSPS) is 24.9. The number of pyridine rings is 1. The van der Waals surface area contributed by atoms with Crippen LogP contribution in [-0.4, -0.2) is 47.0 Å². The van der Waals surface area contributed by atoms with Crippen molar-refractivity contribution in [1.82, 2.24) is 4.98 Å². The summed E-state index contributed by atoms with van der Waals surface area (Å²) in [7, 11) is 0. The highest BCUT2D eigenvalue weighted by molar-refractivity contribution is 6.44. The zero-order valence-electron chi connectivity index (χ0n) is 17.4. The number of aromatic hydroxyl groups is 1. The Labute approximate surface area is 187 Å². The molecule has 1 aromatic rings. The Hall–Kier alpha value is -1.57. The quantitative estimate of drug-likeness (QED) is 0.585. The molecule has 0 aromatic carbocycles. The van der Waals surface area contributed by atoms with Crippen molar-refractivity contribution in [2.45, 2.75) is 45.4 Å². The van der Waals surface area contributed by atoms with Crippen LogP contribution in [0.1, 0.15) is 38.1 Å². The minimum Gasteiger partial charge on any atom is -0.506 e. The number of hydrogen-bond donors (Lipinski definition) is 3. The van der Waals surface area contributed by atoms with Gasteiger partial charge in [0.05, 0.1) is 35.7 Å². The van der Waals surface area contributed by atoms with Crippen LogP contribution in [0.5, 0.6) is 5.75 Å². The fraction of sp³-hybridized carbons (Fsp3) is 0.500. The van der Waals surface area contributed by atoms with Crippen LogP contribution in [0.15, 0.2) is 34.9 Å². The number of aromatic nitrogens is 1. The van der Waals surface area contributed by atoms with E-state index in [-0.39, 0.29) is 40.6 Å². The third-order valence-electron chi connectivity index (χ3n) is 6.23. The molecule has 3 rings (SSSR count). The summed E-state index contributed by atoms with van der Waals surface area (Å²) >= 11 is 12.4. The van der Waals surface area contributed by atoms with Crippen molar-refractivity contribution < 1.29 is 14.9 Å². The molecule has 6 nitrogen and oxygen atoms in total. The van der Waals surface area contributed by atoms with E-state index in [0.29, 0.717) is 28.6 Å². The SMILES string of the molecule is C=C/C=C(\C(Cl)=C(/C)Cl)c1nc(CO)c(N2CCC3(CC2)CO[C@@H](C)[C@H]3N)cc1O. The molecule has 0 radical (unpaired) electrons. The predicted octanol–water partition coefficient (Wildman–Crippen LogP) is 3.89. The van der Waals surface area contributed by atoms with Crippen molar-refractivity contribution in [1.29, 1.82) is 0 Å². The Balaban J connectivity index is 1.91. The molecule has 0 amide bonds. The summed E-state index contributed by atoms with van der Waals surface area (Å²) in [6, 6.07) is 1.65. The van der Waals surface area contributed by atoms with E-state index in [1.807, 2.05) is 6.92 Å². The minimum absolute atomic E-state index is 0.0131. The molecule has 4 N–H and O–H groups in total. The Morgan fingerprint density at radius 1 is 1.43 bits per heavy atom. The van der Waals surface area contributed by atoms with Gasteiger partial charge in [0.1, 0.15) is 11.4 Å². The number of piperidine rings is 1. The lowest BCUT2D eigenvalue weighted by Gasteiger charge is -2.42. The van der Waals surface area contributed by atoms with Gasteiger partial charge in [0, 0.05) is 41.2 Å². The summed E-state index contributed by atoms with van der Waals surface area (Å²) < 4.78 is 5.79. The zero-order chi connectivity index (χ0) is 22.1. The van der Waals surface area contributed by atoms with E-state index >= 15 is 0 Å². The standard InChI is InChI=1S/C22H29Cl2N3O3/c1-4-5-15(19(24)13(2)23)20-18(29)10-17(16(11-28)26-20)27-8-6-22(7-9-27)12-30-14(3)21(22)25/h4-5,10,14,21,28-29H,1,6-9,11-12,25H2,2-3H3/b15-5+,19-13-/t14-,21+/m0/s1. The van der Waals surface area contributed by atoms with E-state index in [2.05, 4.69) is 16.5 Å². The molecule has 0 bridgehead atoms. The van der Waals surface area contributed by atoms with Gasteiger partial charge in [0.2, 0.25) is 0 Å². The summed E-state index contributed by atoms with van der Waals surface area (Å²) in [5.74, 6) is -0.0406. The van der Waals surface area contributed by atoms with E-state index in [0.717, 1.165) is 25.9 Å². The average Bonchev–Trinajstić information content (AvgIpc) is 3.00. The number of allylic oxidation sites excluding steroid dienone is 5. The number of hydrogen-bond acceptors (Lipinski definition) is 6. The molecule has 0 aliphatic carbocycles. The molecule has 3 heterocycles. The smallest absolute Gasteiger partial charge is 0.144 e. The number of nitrogens with zero attached hydrogens (tertiary/aromatic N) is 2. The lowest BCUT2D eigenvalue weighted by Crippen LogP contribution is -2.50. The van der Waals surface area contributed by atoms with Crippen molar-refractivity contribution in [3.63, 3.8) is 0 Å². The van der Waals surface area contributed by atoms with Crippen LogP contribution in [0, 0.1) is 5.41 Å². The molecule has 164 valence electrons. The number of aliphatic hydroxyl groups excluding tert-OH is 1. The fourth-order valence-electron chi connectivity index (χ4n) is 4.34. The lowest BCUT2D eigenvalue weighted by molar-refractivity contribution is 0.0974. The molecule has 1 spiro atoms. The topological polar surface area (TPSA) is 91.8 Å². The Kier molecular flexibility index (Phi) is 7.15. The van der Waals surface area contributed by atoms with E-state index < -0.39 is 0 Å². The highest BCUT2D eigenvalue weighted by Crippen LogP contribution is 2.43. The number of halogens is 2. The molecule has 8 heteroatoms. The zero-order valence-corrected chi connectivity index (χ0v) is 18.9. The van der Waals surface area contributed by atoms with Gasteiger partial charge in [-0.2, -0.15) is 0 Å². The number of rotatable bonds is 5. The molecular weight excluding hydrogens is 425 g/mol. The van der Waals surface area contributed by atoms with Crippen LogP contribution >= 0.6 is 23.2 Å². The Bertz CT molecular complexity index is 873. The number of aliphatic hydroxyl groups is 1. The molecule has 2 fully saturated rings. The summed E-state index contributed by atoms with van der Waals surface area (Å²) in [6.07, 6.45) is 5.00. The van der Waals surface area contributed by atoms with Crippen LogP contribution in [0.4, 0.5) is 5.69 Å². The summed E-state index contributed by atoms with van der Waals surface area (Å²) in [4.78, 5) is 6.65. The summed E-state index contributed by atoms with van der Waals surface area (Å²) in [6.45, 7) is 9.26. The van der Waals surface area contributed by atoms with E-state index in [1.165, 1.54) is 0 Å².